The second-order valence-electron chi connectivity index (χ2n) is 12.0. The molecular weight excluding hydrogens is 588 g/mol. The van der Waals surface area contributed by atoms with Crippen LogP contribution in [0.25, 0.3) is 0 Å². The van der Waals surface area contributed by atoms with Crippen molar-refractivity contribution in [2.24, 2.45) is 0 Å². The summed E-state index contributed by atoms with van der Waals surface area (Å²) in [7, 11) is 0. The highest BCUT2D eigenvalue weighted by molar-refractivity contribution is 6.11. The Balaban J connectivity index is 1.60. The standard InChI is InChI=1S/C36H40N2O8/c1-20(2)13-14-23-17-24(31(40)22-9-6-5-7-10-22)18-27-29(23)37-30-25(11-8-12-26(30)38(27)16-15-21(3)4)35(44)46-36-34(43)33(42)32(41)28(19-39)45-36/h5-13,15,17-18,28,32-34,36-37,39,41-43H,14,16,19H2,1-4H3/t28-,32-,33+,34+,36-/m0/s1. The molecule has 0 aliphatic carbocycles. The number of benzene rings is 3. The summed E-state index contributed by atoms with van der Waals surface area (Å²) in [4.78, 5) is 29.4. The second kappa shape index (κ2) is 14.0. The summed E-state index contributed by atoms with van der Waals surface area (Å²) in [5.74, 6) is -0.951. The number of carbonyl (C=O) groups excluding carboxylic acids is 2. The fourth-order valence-electron chi connectivity index (χ4n) is 5.53. The Labute approximate surface area is 268 Å². The number of para-hydroxylation sites is 1. The van der Waals surface area contributed by atoms with Crippen molar-refractivity contribution < 1.29 is 39.5 Å². The van der Waals surface area contributed by atoms with E-state index in [9.17, 15) is 30.0 Å². The Morgan fingerprint density at radius 3 is 2.24 bits per heavy atom. The zero-order chi connectivity index (χ0) is 33.1. The summed E-state index contributed by atoms with van der Waals surface area (Å²) in [5, 5.41) is 43.9. The lowest BCUT2D eigenvalue weighted by Crippen LogP contribution is -2.59. The minimum absolute atomic E-state index is 0.105. The number of anilines is 4. The lowest BCUT2D eigenvalue weighted by atomic mass is 9.94. The van der Waals surface area contributed by atoms with E-state index in [-0.39, 0.29) is 11.3 Å². The van der Waals surface area contributed by atoms with Crippen LogP contribution >= 0.6 is 0 Å². The average Bonchev–Trinajstić information content (AvgIpc) is 3.05. The first-order chi connectivity index (χ1) is 22.0. The number of allylic oxidation sites excluding steroid dienone is 3. The molecule has 0 bridgehead atoms. The number of hydrogen-bond donors (Lipinski definition) is 5. The molecule has 3 aromatic carbocycles. The van der Waals surface area contributed by atoms with Gasteiger partial charge in [-0.25, -0.2) is 4.79 Å². The quantitative estimate of drug-likeness (QED) is 0.130. The molecule has 1 saturated heterocycles. The average molecular weight is 629 g/mol. The molecule has 242 valence electrons. The van der Waals surface area contributed by atoms with Crippen molar-refractivity contribution in [3.63, 3.8) is 0 Å². The molecule has 0 aromatic heterocycles. The van der Waals surface area contributed by atoms with E-state index in [1.165, 1.54) is 0 Å². The first-order valence-electron chi connectivity index (χ1n) is 15.2. The van der Waals surface area contributed by atoms with Crippen molar-refractivity contribution in [2.45, 2.75) is 64.8 Å². The highest BCUT2D eigenvalue weighted by Crippen LogP contribution is 2.48. The third-order valence-electron chi connectivity index (χ3n) is 8.08. The van der Waals surface area contributed by atoms with Crippen molar-refractivity contribution in [1.82, 2.24) is 0 Å². The van der Waals surface area contributed by atoms with Gasteiger partial charge in [-0.2, -0.15) is 0 Å². The van der Waals surface area contributed by atoms with E-state index >= 15 is 0 Å². The van der Waals surface area contributed by atoms with Crippen LogP contribution in [0.4, 0.5) is 22.7 Å². The number of fused-ring (bicyclic) bond motifs is 2. The van der Waals surface area contributed by atoms with E-state index in [1.54, 1.807) is 24.3 Å². The van der Waals surface area contributed by atoms with Crippen LogP contribution in [-0.2, 0) is 15.9 Å². The van der Waals surface area contributed by atoms with Crippen LogP contribution in [0.5, 0.6) is 0 Å². The molecule has 46 heavy (non-hydrogen) atoms. The molecule has 5 rings (SSSR count). The predicted molar refractivity (Wildman–Crippen MR) is 175 cm³/mol. The number of aliphatic hydroxyl groups is 4. The van der Waals surface area contributed by atoms with Crippen molar-refractivity contribution in [1.29, 1.82) is 0 Å². The maximum absolute atomic E-state index is 13.7. The van der Waals surface area contributed by atoms with Gasteiger partial charge in [0.15, 0.2) is 5.78 Å². The molecule has 0 spiro atoms. The fourth-order valence-corrected chi connectivity index (χ4v) is 5.53. The Hall–Kier alpha value is -4.32. The molecule has 0 unspecified atom stereocenters. The van der Waals surface area contributed by atoms with E-state index < -0.39 is 43.3 Å². The summed E-state index contributed by atoms with van der Waals surface area (Å²) in [6, 6.07) is 18.0. The SMILES string of the molecule is CC(C)=CCc1cc(C(=O)c2ccccc2)cc2c1Nc1c(C(=O)O[C@@H]3O[C@@H](CO)[C@H](O)[C@@H](O)[C@H]3O)cccc1N2CC=C(C)C. The molecule has 10 heteroatoms. The van der Waals surface area contributed by atoms with E-state index in [0.29, 0.717) is 35.5 Å². The van der Waals surface area contributed by atoms with Crippen LogP contribution in [-0.4, -0.2) is 76.0 Å². The minimum atomic E-state index is -1.74. The van der Waals surface area contributed by atoms with Crippen molar-refractivity contribution in [3.05, 3.63) is 106 Å². The largest absolute Gasteiger partial charge is 0.429 e. The van der Waals surface area contributed by atoms with E-state index in [0.717, 1.165) is 28.1 Å². The predicted octanol–water partition coefficient (Wildman–Crippen LogP) is 4.54. The number of hydrogen-bond acceptors (Lipinski definition) is 10. The molecule has 2 heterocycles. The number of esters is 1. The third kappa shape index (κ3) is 6.76. The van der Waals surface area contributed by atoms with Gasteiger partial charge in [-0.1, -0.05) is 59.7 Å². The van der Waals surface area contributed by atoms with Crippen LogP contribution in [0.1, 0.15) is 59.5 Å². The number of aliphatic hydroxyl groups excluding tert-OH is 4. The summed E-state index contributed by atoms with van der Waals surface area (Å²) in [6.45, 7) is 7.79. The Morgan fingerprint density at radius 1 is 0.848 bits per heavy atom. The fraction of sp³-hybridized carbons (Fsp3) is 0.333. The van der Waals surface area contributed by atoms with Gasteiger partial charge in [0.05, 0.1) is 34.9 Å². The highest BCUT2D eigenvalue weighted by atomic mass is 16.7. The molecule has 0 amide bonds. The summed E-state index contributed by atoms with van der Waals surface area (Å²) >= 11 is 0. The van der Waals surface area contributed by atoms with Crippen molar-refractivity contribution in [2.75, 3.05) is 23.4 Å². The molecule has 10 nitrogen and oxygen atoms in total. The lowest BCUT2D eigenvalue weighted by molar-refractivity contribution is -0.285. The number of ketones is 1. The Morgan fingerprint density at radius 2 is 1.57 bits per heavy atom. The van der Waals surface area contributed by atoms with Crippen LogP contribution in [0.3, 0.4) is 0 Å². The van der Waals surface area contributed by atoms with E-state index in [1.807, 2.05) is 69.0 Å². The Kier molecular flexibility index (Phi) is 10.0. The molecular formula is C36H40N2O8. The molecule has 2 aliphatic rings. The smallest absolute Gasteiger partial charge is 0.342 e. The molecule has 5 N–H and O–H groups in total. The third-order valence-corrected chi connectivity index (χ3v) is 8.08. The monoisotopic (exact) mass is 628 g/mol. The molecule has 1 fully saturated rings. The van der Waals surface area contributed by atoms with Gasteiger partial charge in [0, 0.05) is 17.7 Å². The van der Waals surface area contributed by atoms with E-state index in [2.05, 4.69) is 17.5 Å². The lowest BCUT2D eigenvalue weighted by Gasteiger charge is -2.39. The highest BCUT2D eigenvalue weighted by Gasteiger charge is 2.45. The van der Waals surface area contributed by atoms with Crippen LogP contribution in [0, 0.1) is 0 Å². The van der Waals surface area contributed by atoms with Crippen molar-refractivity contribution in [3.8, 4) is 0 Å². The topological polar surface area (TPSA) is 149 Å². The number of carbonyl (C=O) groups is 2. The first-order valence-corrected chi connectivity index (χ1v) is 15.2. The number of ether oxygens (including phenoxy) is 2. The zero-order valence-electron chi connectivity index (χ0n) is 26.3. The normalized spacial score (nSPS) is 21.7. The van der Waals surface area contributed by atoms with Crippen LogP contribution in [0.2, 0.25) is 0 Å². The number of nitrogens with zero attached hydrogens (tertiary/aromatic N) is 1. The van der Waals surface area contributed by atoms with Gasteiger partial charge in [0.1, 0.15) is 24.4 Å². The molecule has 5 atom stereocenters. The maximum atomic E-state index is 13.7. The Bertz CT molecular complexity index is 1660. The molecule has 3 aromatic rings. The molecule has 0 saturated carbocycles. The summed E-state index contributed by atoms with van der Waals surface area (Å²) in [6.07, 6.45) is -3.21. The van der Waals surface area contributed by atoms with Gasteiger partial charge in [0.25, 0.3) is 0 Å². The zero-order valence-corrected chi connectivity index (χ0v) is 26.3. The van der Waals surface area contributed by atoms with Crippen LogP contribution < -0.4 is 10.2 Å². The van der Waals surface area contributed by atoms with Gasteiger partial charge in [-0.3, -0.25) is 4.79 Å². The van der Waals surface area contributed by atoms with Gasteiger partial charge in [-0.15, -0.1) is 0 Å². The van der Waals surface area contributed by atoms with Gasteiger partial charge < -0.3 is 40.1 Å². The molecule has 2 aliphatic heterocycles. The number of nitrogens with one attached hydrogen (secondary N) is 1. The van der Waals surface area contributed by atoms with Gasteiger partial charge in [-0.05, 0) is 63.9 Å². The van der Waals surface area contributed by atoms with Gasteiger partial charge >= 0.3 is 5.97 Å². The summed E-state index contributed by atoms with van der Waals surface area (Å²) in [5.41, 5.74) is 6.90. The van der Waals surface area contributed by atoms with Crippen LogP contribution in [0.15, 0.2) is 84.0 Å². The minimum Gasteiger partial charge on any atom is -0.429 e. The summed E-state index contributed by atoms with van der Waals surface area (Å²) < 4.78 is 10.9. The number of rotatable bonds is 9. The second-order valence-corrected chi connectivity index (χ2v) is 12.0. The molecule has 0 radical (unpaired) electrons. The van der Waals surface area contributed by atoms with Crippen molar-refractivity contribution >= 4 is 34.5 Å². The van der Waals surface area contributed by atoms with E-state index in [4.69, 9.17) is 9.47 Å². The first kappa shape index (κ1) is 33.1. The van der Waals surface area contributed by atoms with Gasteiger partial charge in [0.2, 0.25) is 6.29 Å². The maximum Gasteiger partial charge on any atom is 0.342 e.